The predicted molar refractivity (Wildman–Crippen MR) is 59.1 cm³/mol. The Kier molecular flexibility index (Phi) is 3.01. The Hall–Kier alpha value is -1.64. The Labute approximate surface area is 96.1 Å². The number of fused-ring (bicyclic) bond motifs is 1. The first-order valence-corrected chi connectivity index (χ1v) is 6.24. The number of hydrogen-bond acceptors (Lipinski definition) is 5. The zero-order chi connectivity index (χ0) is 12.5. The summed E-state index contributed by atoms with van der Waals surface area (Å²) >= 11 is 0. The van der Waals surface area contributed by atoms with E-state index in [0.717, 1.165) is 0 Å². The minimum absolute atomic E-state index is 0.0267. The summed E-state index contributed by atoms with van der Waals surface area (Å²) in [7, 11) is -3.69. The number of hydrogen-bond donors (Lipinski definition) is 3. The fourth-order valence-electron chi connectivity index (χ4n) is 1.36. The molecule has 3 N–H and O–H groups in total. The molecule has 0 aliphatic rings. The molecule has 1 heterocycles. The Morgan fingerprint density at radius 1 is 1.41 bits per heavy atom. The first-order chi connectivity index (χ1) is 8.03. The highest BCUT2D eigenvalue weighted by Crippen LogP contribution is 2.16. The first kappa shape index (κ1) is 11.8. The van der Waals surface area contributed by atoms with E-state index in [9.17, 15) is 13.2 Å². The summed E-state index contributed by atoms with van der Waals surface area (Å²) in [5, 5.41) is 8.56. The molecule has 0 unspecified atom stereocenters. The highest BCUT2D eigenvalue weighted by molar-refractivity contribution is 7.89. The zero-order valence-corrected chi connectivity index (χ0v) is 9.45. The summed E-state index contributed by atoms with van der Waals surface area (Å²) in [5.41, 5.74) is 0.595. The molecule has 1 aromatic heterocycles. The van der Waals surface area contributed by atoms with Crippen molar-refractivity contribution in [1.82, 2.24) is 9.71 Å². The Morgan fingerprint density at radius 2 is 2.18 bits per heavy atom. The van der Waals surface area contributed by atoms with E-state index in [1.54, 1.807) is 0 Å². The van der Waals surface area contributed by atoms with E-state index in [1.807, 2.05) is 0 Å². The second-order valence-corrected chi connectivity index (χ2v) is 5.06. The second kappa shape index (κ2) is 4.32. The summed E-state index contributed by atoms with van der Waals surface area (Å²) in [6.45, 7) is -0.363. The van der Waals surface area contributed by atoms with Crippen LogP contribution in [0.3, 0.4) is 0 Å². The number of nitrogens with one attached hydrogen (secondary N) is 2. The van der Waals surface area contributed by atoms with E-state index in [0.29, 0.717) is 5.52 Å². The third kappa shape index (κ3) is 2.38. The van der Waals surface area contributed by atoms with E-state index in [-0.39, 0.29) is 23.6 Å². The van der Waals surface area contributed by atoms with Crippen molar-refractivity contribution in [3.8, 4) is 0 Å². The van der Waals surface area contributed by atoms with Crippen LogP contribution in [0.2, 0.25) is 0 Å². The minimum atomic E-state index is -3.69. The average molecular weight is 258 g/mol. The lowest BCUT2D eigenvalue weighted by Crippen LogP contribution is -2.26. The van der Waals surface area contributed by atoms with Crippen molar-refractivity contribution in [3.63, 3.8) is 0 Å². The number of oxazole rings is 1. The summed E-state index contributed by atoms with van der Waals surface area (Å²) in [6, 6.07) is 4.02. The van der Waals surface area contributed by atoms with Gasteiger partial charge in [-0.1, -0.05) is 0 Å². The van der Waals surface area contributed by atoms with Gasteiger partial charge >= 0.3 is 5.76 Å². The molecule has 0 aliphatic heterocycles. The van der Waals surface area contributed by atoms with Gasteiger partial charge in [-0.2, -0.15) is 0 Å². The molecule has 0 atom stereocenters. The quantitative estimate of drug-likeness (QED) is 0.677. The number of benzene rings is 1. The monoisotopic (exact) mass is 258 g/mol. The van der Waals surface area contributed by atoms with Gasteiger partial charge in [-0.3, -0.25) is 4.98 Å². The van der Waals surface area contributed by atoms with E-state index in [1.165, 1.54) is 18.2 Å². The van der Waals surface area contributed by atoms with Crippen LogP contribution in [0.5, 0.6) is 0 Å². The van der Waals surface area contributed by atoms with Gasteiger partial charge in [0.2, 0.25) is 10.0 Å². The summed E-state index contributed by atoms with van der Waals surface area (Å²) in [5.74, 6) is -0.641. The van der Waals surface area contributed by atoms with Crippen molar-refractivity contribution in [3.05, 3.63) is 28.7 Å². The number of aliphatic hydroxyl groups is 1. The van der Waals surface area contributed by atoms with Gasteiger partial charge in [-0.25, -0.2) is 17.9 Å². The van der Waals surface area contributed by atoms with E-state index < -0.39 is 15.8 Å². The lowest BCUT2D eigenvalue weighted by atomic mass is 10.3. The van der Waals surface area contributed by atoms with Gasteiger partial charge in [0.15, 0.2) is 5.58 Å². The van der Waals surface area contributed by atoms with Crippen LogP contribution < -0.4 is 10.5 Å². The fraction of sp³-hybridized carbons (Fsp3) is 0.222. The van der Waals surface area contributed by atoms with Crippen molar-refractivity contribution in [1.29, 1.82) is 0 Å². The highest BCUT2D eigenvalue weighted by atomic mass is 32.2. The van der Waals surface area contributed by atoms with Crippen molar-refractivity contribution >= 4 is 21.1 Å². The molecular weight excluding hydrogens is 248 g/mol. The smallest absolute Gasteiger partial charge is 0.408 e. The molecule has 92 valence electrons. The molecule has 1 aromatic carbocycles. The number of sulfonamides is 1. The van der Waals surface area contributed by atoms with Crippen molar-refractivity contribution in [2.24, 2.45) is 0 Å². The van der Waals surface area contributed by atoms with Crippen molar-refractivity contribution < 1.29 is 17.9 Å². The molecule has 17 heavy (non-hydrogen) atoms. The van der Waals surface area contributed by atoms with Crippen LogP contribution in [0.1, 0.15) is 0 Å². The van der Waals surface area contributed by atoms with Crippen molar-refractivity contribution in [2.75, 3.05) is 13.2 Å². The molecule has 2 aromatic rings. The molecule has 0 bridgehead atoms. The standard InChI is InChI=1S/C9H10N2O5S/c12-4-3-10-17(14,15)6-1-2-7-8(5-6)16-9(13)11-7/h1-2,5,10,12H,3-4H2,(H,11,13). The first-order valence-electron chi connectivity index (χ1n) is 4.76. The SMILES string of the molecule is O=c1[nH]c2ccc(S(=O)(=O)NCCO)cc2o1. The van der Waals surface area contributed by atoms with E-state index >= 15 is 0 Å². The van der Waals surface area contributed by atoms with Gasteiger partial charge < -0.3 is 9.52 Å². The zero-order valence-electron chi connectivity index (χ0n) is 8.63. The third-order valence-electron chi connectivity index (χ3n) is 2.11. The molecule has 7 nitrogen and oxygen atoms in total. The van der Waals surface area contributed by atoms with E-state index in [2.05, 4.69) is 9.71 Å². The van der Waals surface area contributed by atoms with Crippen LogP contribution >= 0.6 is 0 Å². The Balaban J connectivity index is 2.45. The maximum absolute atomic E-state index is 11.7. The van der Waals surface area contributed by atoms with Gasteiger partial charge in [-0.05, 0) is 12.1 Å². The molecule has 0 aliphatic carbocycles. The maximum Gasteiger partial charge on any atom is 0.417 e. The summed E-state index contributed by atoms with van der Waals surface area (Å²) < 4.78 is 30.3. The predicted octanol–water partition coefficient (Wildman–Crippen LogP) is -0.608. The van der Waals surface area contributed by atoms with Gasteiger partial charge in [0, 0.05) is 12.6 Å². The number of rotatable bonds is 4. The van der Waals surface area contributed by atoms with Crippen molar-refractivity contribution in [2.45, 2.75) is 4.90 Å². The number of aliphatic hydroxyl groups excluding tert-OH is 1. The van der Waals surface area contributed by atoms with Crippen LogP contribution in [-0.4, -0.2) is 31.7 Å². The van der Waals surface area contributed by atoms with Crippen LogP contribution in [0.4, 0.5) is 0 Å². The molecule has 0 saturated heterocycles. The van der Waals surface area contributed by atoms with Crippen LogP contribution in [0, 0.1) is 0 Å². The normalized spacial score (nSPS) is 12.1. The largest absolute Gasteiger partial charge is 0.417 e. The molecule has 0 fully saturated rings. The Bertz CT molecular complexity index is 685. The minimum Gasteiger partial charge on any atom is -0.408 e. The molecule has 0 amide bonds. The fourth-order valence-corrected chi connectivity index (χ4v) is 2.39. The molecule has 0 radical (unpaired) electrons. The van der Waals surface area contributed by atoms with Crippen LogP contribution in [0.15, 0.2) is 32.3 Å². The van der Waals surface area contributed by atoms with Gasteiger partial charge in [0.1, 0.15) is 0 Å². The highest BCUT2D eigenvalue weighted by Gasteiger charge is 2.14. The van der Waals surface area contributed by atoms with Gasteiger partial charge in [-0.15, -0.1) is 0 Å². The summed E-state index contributed by atoms with van der Waals surface area (Å²) in [4.78, 5) is 13.3. The number of aromatic amines is 1. The van der Waals surface area contributed by atoms with E-state index in [4.69, 9.17) is 9.52 Å². The second-order valence-electron chi connectivity index (χ2n) is 3.29. The number of H-pyrrole nitrogens is 1. The molecule has 8 heteroatoms. The van der Waals surface area contributed by atoms with Crippen LogP contribution in [0.25, 0.3) is 11.1 Å². The lowest BCUT2D eigenvalue weighted by Gasteiger charge is -2.04. The molecular formula is C9H10N2O5S. The Morgan fingerprint density at radius 3 is 2.88 bits per heavy atom. The third-order valence-corrected chi connectivity index (χ3v) is 3.57. The molecule has 2 rings (SSSR count). The van der Waals surface area contributed by atoms with Gasteiger partial charge in [0.25, 0.3) is 0 Å². The maximum atomic E-state index is 11.7. The molecule has 0 spiro atoms. The lowest BCUT2D eigenvalue weighted by molar-refractivity contribution is 0.301. The number of aromatic nitrogens is 1. The topological polar surface area (TPSA) is 112 Å². The average Bonchev–Trinajstić information content (AvgIpc) is 2.65. The molecule has 0 saturated carbocycles. The van der Waals surface area contributed by atoms with Crippen LogP contribution in [-0.2, 0) is 10.0 Å². The summed E-state index contributed by atoms with van der Waals surface area (Å²) in [6.07, 6.45) is 0. The van der Waals surface area contributed by atoms with Gasteiger partial charge in [0.05, 0.1) is 17.0 Å².